The van der Waals surface area contributed by atoms with Crippen molar-refractivity contribution in [2.24, 2.45) is 0 Å². The molecule has 0 saturated heterocycles. The van der Waals surface area contributed by atoms with E-state index in [1.165, 1.54) is 11.8 Å². The van der Waals surface area contributed by atoms with E-state index in [1.807, 2.05) is 6.26 Å². The summed E-state index contributed by atoms with van der Waals surface area (Å²) in [5.74, 6) is -1.93. The highest BCUT2D eigenvalue weighted by molar-refractivity contribution is 7.98. The fraction of sp³-hybridized carbons (Fsp3) is 0.0714. The maximum absolute atomic E-state index is 13.5. The van der Waals surface area contributed by atoms with E-state index in [0.29, 0.717) is 0 Å². The molecule has 0 heterocycles. The molecule has 104 valence electrons. The summed E-state index contributed by atoms with van der Waals surface area (Å²) in [5, 5.41) is 2.56. The Morgan fingerprint density at radius 2 is 1.95 bits per heavy atom. The predicted molar refractivity (Wildman–Crippen MR) is 77.5 cm³/mol. The van der Waals surface area contributed by atoms with Gasteiger partial charge >= 0.3 is 0 Å². The average Bonchev–Trinajstić information content (AvgIpc) is 2.43. The third-order valence-electron chi connectivity index (χ3n) is 2.59. The largest absolute Gasteiger partial charge is 0.319 e. The number of hydrogen-bond acceptors (Lipinski definition) is 2. The van der Waals surface area contributed by atoms with Crippen LogP contribution < -0.4 is 5.32 Å². The molecule has 2 aromatic carbocycles. The standard InChI is InChI=1S/C14H10ClF2NOS/c1-20-9-3-4-11(15)10(7-9)14(19)18-13-6-8(16)2-5-12(13)17/h2-7H,1H3,(H,18,19). The summed E-state index contributed by atoms with van der Waals surface area (Å²) in [6.45, 7) is 0. The molecule has 1 N–H and O–H groups in total. The summed E-state index contributed by atoms with van der Waals surface area (Å²) < 4.78 is 26.5. The van der Waals surface area contributed by atoms with Crippen LogP contribution in [0.15, 0.2) is 41.3 Å². The minimum atomic E-state index is -0.711. The van der Waals surface area contributed by atoms with Gasteiger partial charge in [-0.15, -0.1) is 11.8 Å². The van der Waals surface area contributed by atoms with E-state index < -0.39 is 17.5 Å². The lowest BCUT2D eigenvalue weighted by atomic mass is 10.2. The number of carbonyl (C=O) groups is 1. The number of anilines is 1. The van der Waals surface area contributed by atoms with Crippen LogP contribution in [0, 0.1) is 11.6 Å². The van der Waals surface area contributed by atoms with Crippen LogP contribution in [-0.4, -0.2) is 12.2 Å². The van der Waals surface area contributed by atoms with Gasteiger partial charge in [-0.05, 0) is 36.6 Å². The van der Waals surface area contributed by atoms with E-state index in [4.69, 9.17) is 11.6 Å². The molecular formula is C14H10ClF2NOS. The van der Waals surface area contributed by atoms with Gasteiger partial charge in [0, 0.05) is 11.0 Å². The van der Waals surface area contributed by atoms with Crippen molar-refractivity contribution in [2.45, 2.75) is 4.90 Å². The summed E-state index contributed by atoms with van der Waals surface area (Å²) in [5.41, 5.74) is -0.0113. The van der Waals surface area contributed by atoms with Crippen LogP contribution in [0.5, 0.6) is 0 Å². The van der Waals surface area contributed by atoms with Gasteiger partial charge in [0.25, 0.3) is 5.91 Å². The van der Waals surface area contributed by atoms with E-state index in [9.17, 15) is 13.6 Å². The predicted octanol–water partition coefficient (Wildman–Crippen LogP) is 4.59. The monoisotopic (exact) mass is 313 g/mol. The molecule has 0 spiro atoms. The lowest BCUT2D eigenvalue weighted by molar-refractivity contribution is 0.102. The van der Waals surface area contributed by atoms with E-state index in [-0.39, 0.29) is 16.3 Å². The molecule has 6 heteroatoms. The number of amides is 1. The third kappa shape index (κ3) is 3.29. The van der Waals surface area contributed by atoms with Gasteiger partial charge in [-0.3, -0.25) is 4.79 Å². The van der Waals surface area contributed by atoms with Gasteiger partial charge in [0.05, 0.1) is 16.3 Å². The Morgan fingerprint density at radius 3 is 2.65 bits per heavy atom. The highest BCUT2D eigenvalue weighted by atomic mass is 35.5. The first-order valence-corrected chi connectivity index (χ1v) is 7.21. The molecule has 0 atom stereocenters. The molecule has 2 rings (SSSR count). The zero-order valence-electron chi connectivity index (χ0n) is 10.4. The van der Waals surface area contributed by atoms with Crippen LogP contribution >= 0.6 is 23.4 Å². The zero-order chi connectivity index (χ0) is 14.7. The third-order valence-corrected chi connectivity index (χ3v) is 3.65. The first-order chi connectivity index (χ1) is 9.51. The number of halogens is 3. The molecule has 0 fully saturated rings. The fourth-order valence-electron chi connectivity index (χ4n) is 1.59. The Hall–Kier alpha value is -1.59. The number of hydrogen-bond donors (Lipinski definition) is 1. The van der Waals surface area contributed by atoms with Crippen molar-refractivity contribution in [3.8, 4) is 0 Å². The normalized spacial score (nSPS) is 10.4. The maximum Gasteiger partial charge on any atom is 0.257 e. The topological polar surface area (TPSA) is 29.1 Å². The molecule has 0 saturated carbocycles. The summed E-state index contributed by atoms with van der Waals surface area (Å²) in [6, 6.07) is 7.80. The van der Waals surface area contributed by atoms with E-state index in [2.05, 4.69) is 5.32 Å². The molecular weight excluding hydrogens is 304 g/mol. The van der Waals surface area contributed by atoms with Crippen molar-refractivity contribution in [1.82, 2.24) is 0 Å². The van der Waals surface area contributed by atoms with E-state index in [0.717, 1.165) is 23.1 Å². The van der Waals surface area contributed by atoms with Crippen molar-refractivity contribution in [3.63, 3.8) is 0 Å². The number of benzene rings is 2. The lowest BCUT2D eigenvalue weighted by Gasteiger charge is -2.09. The van der Waals surface area contributed by atoms with E-state index >= 15 is 0 Å². The second-order valence-corrected chi connectivity index (χ2v) is 5.21. The summed E-state index contributed by atoms with van der Waals surface area (Å²) in [6.07, 6.45) is 1.86. The quantitative estimate of drug-likeness (QED) is 0.840. The zero-order valence-corrected chi connectivity index (χ0v) is 12.0. The van der Waals surface area contributed by atoms with Gasteiger partial charge in [0.2, 0.25) is 0 Å². The molecule has 0 aliphatic heterocycles. The second-order valence-electron chi connectivity index (χ2n) is 3.92. The fourth-order valence-corrected chi connectivity index (χ4v) is 2.23. The van der Waals surface area contributed by atoms with Crippen LogP contribution in [0.1, 0.15) is 10.4 Å². The molecule has 0 aromatic heterocycles. The molecule has 20 heavy (non-hydrogen) atoms. The molecule has 0 bridgehead atoms. The van der Waals surface area contributed by atoms with Crippen LogP contribution in [0.25, 0.3) is 0 Å². The maximum atomic E-state index is 13.5. The van der Waals surface area contributed by atoms with Gasteiger partial charge in [-0.25, -0.2) is 8.78 Å². The van der Waals surface area contributed by atoms with Crippen LogP contribution in [-0.2, 0) is 0 Å². The summed E-state index contributed by atoms with van der Waals surface area (Å²) >= 11 is 7.40. The summed E-state index contributed by atoms with van der Waals surface area (Å²) in [4.78, 5) is 12.9. The molecule has 0 aliphatic rings. The van der Waals surface area contributed by atoms with Crippen LogP contribution in [0.4, 0.5) is 14.5 Å². The molecule has 0 aliphatic carbocycles. The highest BCUT2D eigenvalue weighted by Crippen LogP contribution is 2.24. The van der Waals surface area contributed by atoms with Crippen molar-refractivity contribution >= 4 is 35.0 Å². The summed E-state index contributed by atoms with van der Waals surface area (Å²) in [7, 11) is 0. The van der Waals surface area contributed by atoms with Gasteiger partial charge in [0.15, 0.2) is 0 Å². The average molecular weight is 314 g/mol. The number of carbonyl (C=O) groups excluding carboxylic acids is 1. The number of rotatable bonds is 3. The molecule has 0 unspecified atom stereocenters. The van der Waals surface area contributed by atoms with Crippen LogP contribution in [0.2, 0.25) is 5.02 Å². The van der Waals surface area contributed by atoms with Crippen molar-refractivity contribution in [3.05, 3.63) is 58.6 Å². The van der Waals surface area contributed by atoms with Gasteiger partial charge < -0.3 is 5.32 Å². The molecule has 2 aromatic rings. The number of thioether (sulfide) groups is 1. The van der Waals surface area contributed by atoms with Gasteiger partial charge in [-0.2, -0.15) is 0 Å². The van der Waals surface area contributed by atoms with Gasteiger partial charge in [0.1, 0.15) is 11.6 Å². The Kier molecular flexibility index (Phi) is 4.62. The smallest absolute Gasteiger partial charge is 0.257 e. The highest BCUT2D eigenvalue weighted by Gasteiger charge is 2.14. The van der Waals surface area contributed by atoms with Crippen molar-refractivity contribution in [1.29, 1.82) is 0 Å². The Labute approximate surface area is 124 Å². The second kappa shape index (κ2) is 6.24. The van der Waals surface area contributed by atoms with Gasteiger partial charge in [-0.1, -0.05) is 11.6 Å². The SMILES string of the molecule is CSc1ccc(Cl)c(C(=O)Nc2cc(F)ccc2F)c1. The van der Waals surface area contributed by atoms with Crippen molar-refractivity contribution < 1.29 is 13.6 Å². The number of nitrogens with one attached hydrogen (secondary N) is 1. The minimum absolute atomic E-state index is 0.210. The molecule has 1 amide bonds. The molecule has 0 radical (unpaired) electrons. The first kappa shape index (κ1) is 14.8. The minimum Gasteiger partial charge on any atom is -0.319 e. The Bertz CT molecular complexity index is 664. The lowest BCUT2D eigenvalue weighted by Crippen LogP contribution is -2.14. The van der Waals surface area contributed by atoms with Crippen molar-refractivity contribution in [2.75, 3.05) is 11.6 Å². The Morgan fingerprint density at radius 1 is 1.20 bits per heavy atom. The van der Waals surface area contributed by atoms with Crippen LogP contribution in [0.3, 0.4) is 0 Å². The Balaban J connectivity index is 2.30. The van der Waals surface area contributed by atoms with E-state index in [1.54, 1.807) is 18.2 Å². The molecule has 2 nitrogen and oxygen atoms in total. The first-order valence-electron chi connectivity index (χ1n) is 5.61.